The third kappa shape index (κ3) is 8.25. The molecule has 0 radical (unpaired) electrons. The van der Waals surface area contributed by atoms with Crippen LogP contribution in [0.25, 0.3) is 0 Å². The topological polar surface area (TPSA) is 85.7 Å². The Bertz CT molecular complexity index is 1160. The Morgan fingerprint density at radius 2 is 1.83 bits per heavy atom. The van der Waals surface area contributed by atoms with E-state index in [0.717, 1.165) is 10.4 Å². The zero-order valence-corrected chi connectivity index (χ0v) is 20.9. The second kappa shape index (κ2) is 13.3. The van der Waals surface area contributed by atoms with Gasteiger partial charge in [-0.2, -0.15) is 5.26 Å². The van der Waals surface area contributed by atoms with Crippen LogP contribution in [0.5, 0.6) is 0 Å². The second-order valence-electron chi connectivity index (χ2n) is 8.14. The Labute approximate surface area is 210 Å². The summed E-state index contributed by atoms with van der Waals surface area (Å²) in [5.41, 5.74) is 1.98. The Kier molecular flexibility index (Phi) is 9.84. The van der Waals surface area contributed by atoms with Crippen LogP contribution in [-0.2, 0) is 22.6 Å². The number of hydrogen-bond donors (Lipinski definition) is 1. The van der Waals surface area contributed by atoms with Crippen molar-refractivity contribution in [2.45, 2.75) is 26.4 Å². The standard InChI is InChI=1S/C27H30N4O3S/c1-21-12-13-25(35-21)19-31(18-22-8-4-3-5-9-22)26(32)20-30(14-7-15-34-2)27(33)29-24-11-6-10-23(16-24)17-28/h3-6,8-13,16H,7,14-15,18-20H2,1-2H3,(H,29,33). The minimum absolute atomic E-state index is 0.0648. The molecule has 0 spiro atoms. The molecule has 0 aliphatic heterocycles. The Balaban J connectivity index is 1.76. The fraction of sp³-hybridized carbons (Fsp3) is 0.296. The van der Waals surface area contributed by atoms with Gasteiger partial charge in [0, 0.05) is 42.2 Å². The monoisotopic (exact) mass is 490 g/mol. The Morgan fingerprint density at radius 3 is 2.51 bits per heavy atom. The predicted octanol–water partition coefficient (Wildman–Crippen LogP) is 5.03. The lowest BCUT2D eigenvalue weighted by molar-refractivity contribution is -0.133. The van der Waals surface area contributed by atoms with Gasteiger partial charge in [0.15, 0.2) is 0 Å². The average molecular weight is 491 g/mol. The van der Waals surface area contributed by atoms with Crippen molar-refractivity contribution >= 4 is 29.0 Å². The molecule has 1 aromatic heterocycles. The van der Waals surface area contributed by atoms with E-state index in [-0.39, 0.29) is 12.5 Å². The number of nitriles is 1. The fourth-order valence-corrected chi connectivity index (χ4v) is 4.48. The van der Waals surface area contributed by atoms with Crippen LogP contribution in [-0.4, -0.2) is 48.5 Å². The molecule has 0 aliphatic carbocycles. The lowest BCUT2D eigenvalue weighted by Crippen LogP contribution is -2.44. The number of urea groups is 1. The van der Waals surface area contributed by atoms with Crippen LogP contribution in [0.3, 0.4) is 0 Å². The van der Waals surface area contributed by atoms with E-state index in [2.05, 4.69) is 11.4 Å². The molecule has 0 atom stereocenters. The van der Waals surface area contributed by atoms with Crippen LogP contribution >= 0.6 is 11.3 Å². The molecule has 3 aromatic rings. The first-order chi connectivity index (χ1) is 17.0. The number of nitrogens with one attached hydrogen (secondary N) is 1. The highest BCUT2D eigenvalue weighted by atomic mass is 32.1. The minimum Gasteiger partial charge on any atom is -0.385 e. The minimum atomic E-state index is -0.392. The van der Waals surface area contributed by atoms with Gasteiger partial charge < -0.3 is 19.9 Å². The number of carbonyl (C=O) groups is 2. The van der Waals surface area contributed by atoms with Gasteiger partial charge in [-0.05, 0) is 49.2 Å². The van der Waals surface area contributed by atoms with Crippen molar-refractivity contribution in [2.24, 2.45) is 0 Å². The van der Waals surface area contributed by atoms with Crippen molar-refractivity contribution < 1.29 is 14.3 Å². The van der Waals surface area contributed by atoms with Crippen molar-refractivity contribution in [3.8, 4) is 6.07 Å². The number of thiophene rings is 1. The van der Waals surface area contributed by atoms with Crippen molar-refractivity contribution in [3.63, 3.8) is 0 Å². The average Bonchev–Trinajstić information content (AvgIpc) is 3.28. The second-order valence-corrected chi connectivity index (χ2v) is 9.51. The van der Waals surface area contributed by atoms with Crippen molar-refractivity contribution in [1.82, 2.24) is 9.80 Å². The molecule has 0 bridgehead atoms. The molecular formula is C27H30N4O3S. The number of nitrogens with zero attached hydrogens (tertiary/aromatic N) is 3. The van der Waals surface area contributed by atoms with Crippen molar-refractivity contribution in [2.75, 3.05) is 32.1 Å². The summed E-state index contributed by atoms with van der Waals surface area (Å²) >= 11 is 1.66. The number of amides is 3. The molecule has 3 rings (SSSR count). The number of rotatable bonds is 11. The van der Waals surface area contributed by atoms with Gasteiger partial charge in [-0.15, -0.1) is 11.3 Å². The zero-order chi connectivity index (χ0) is 25.0. The van der Waals surface area contributed by atoms with Crippen LogP contribution in [0.4, 0.5) is 10.5 Å². The van der Waals surface area contributed by atoms with Crippen LogP contribution in [0.2, 0.25) is 0 Å². The maximum absolute atomic E-state index is 13.5. The Hall–Kier alpha value is -3.67. The highest BCUT2D eigenvalue weighted by molar-refractivity contribution is 7.11. The maximum Gasteiger partial charge on any atom is 0.322 e. The molecule has 2 aromatic carbocycles. The van der Waals surface area contributed by atoms with E-state index < -0.39 is 6.03 Å². The first-order valence-electron chi connectivity index (χ1n) is 11.4. The molecule has 0 saturated heterocycles. The van der Waals surface area contributed by atoms with Crippen LogP contribution in [0.15, 0.2) is 66.7 Å². The summed E-state index contributed by atoms with van der Waals surface area (Å²) in [6, 6.07) is 22.3. The molecule has 8 heteroatoms. The number of anilines is 1. The van der Waals surface area contributed by atoms with E-state index >= 15 is 0 Å². The molecule has 0 saturated carbocycles. The number of methoxy groups -OCH3 is 1. The van der Waals surface area contributed by atoms with Gasteiger partial charge in [-0.25, -0.2) is 4.79 Å². The van der Waals surface area contributed by atoms with E-state index in [0.29, 0.717) is 43.9 Å². The number of aryl methyl sites for hydroxylation is 1. The van der Waals surface area contributed by atoms with Crippen molar-refractivity contribution in [3.05, 3.63) is 87.6 Å². The third-order valence-corrected chi connectivity index (χ3v) is 6.33. The number of ether oxygens (including phenoxy) is 1. The molecule has 35 heavy (non-hydrogen) atoms. The van der Waals surface area contributed by atoms with Gasteiger partial charge in [-0.1, -0.05) is 36.4 Å². The Morgan fingerprint density at radius 1 is 1.03 bits per heavy atom. The largest absolute Gasteiger partial charge is 0.385 e. The first kappa shape index (κ1) is 25.9. The summed E-state index contributed by atoms with van der Waals surface area (Å²) in [6.07, 6.45) is 0.595. The maximum atomic E-state index is 13.5. The molecule has 0 aliphatic rings. The molecule has 182 valence electrons. The van der Waals surface area contributed by atoms with Gasteiger partial charge in [-0.3, -0.25) is 4.79 Å². The van der Waals surface area contributed by atoms with Gasteiger partial charge in [0.2, 0.25) is 5.91 Å². The molecule has 0 unspecified atom stereocenters. The number of carbonyl (C=O) groups excluding carboxylic acids is 2. The van der Waals surface area contributed by atoms with E-state index in [9.17, 15) is 9.59 Å². The van der Waals surface area contributed by atoms with Crippen molar-refractivity contribution in [1.29, 1.82) is 5.26 Å². The van der Waals surface area contributed by atoms with Gasteiger partial charge >= 0.3 is 6.03 Å². The van der Waals surface area contributed by atoms with Gasteiger partial charge in [0.05, 0.1) is 18.2 Å². The summed E-state index contributed by atoms with van der Waals surface area (Å²) < 4.78 is 5.14. The quantitative estimate of drug-likeness (QED) is 0.382. The lowest BCUT2D eigenvalue weighted by Gasteiger charge is -2.28. The van der Waals surface area contributed by atoms with E-state index in [1.165, 1.54) is 9.78 Å². The molecule has 1 N–H and O–H groups in total. The van der Waals surface area contributed by atoms with Gasteiger partial charge in [0.25, 0.3) is 0 Å². The molecular weight excluding hydrogens is 460 g/mol. The highest BCUT2D eigenvalue weighted by Crippen LogP contribution is 2.19. The highest BCUT2D eigenvalue weighted by Gasteiger charge is 2.22. The summed E-state index contributed by atoms with van der Waals surface area (Å²) in [6.45, 7) is 3.74. The van der Waals surface area contributed by atoms with E-state index in [4.69, 9.17) is 10.00 Å². The molecule has 1 heterocycles. The smallest absolute Gasteiger partial charge is 0.322 e. The molecule has 3 amide bonds. The van der Waals surface area contributed by atoms with E-state index in [1.807, 2.05) is 49.4 Å². The zero-order valence-electron chi connectivity index (χ0n) is 20.1. The summed E-state index contributed by atoms with van der Waals surface area (Å²) in [5.74, 6) is -0.141. The van der Waals surface area contributed by atoms with Crippen LogP contribution in [0.1, 0.15) is 27.3 Å². The van der Waals surface area contributed by atoms with E-state index in [1.54, 1.807) is 47.6 Å². The number of hydrogen-bond acceptors (Lipinski definition) is 5. The van der Waals surface area contributed by atoms with Crippen LogP contribution in [0, 0.1) is 18.3 Å². The fourth-order valence-electron chi connectivity index (χ4n) is 3.58. The summed E-state index contributed by atoms with van der Waals surface area (Å²) in [4.78, 5) is 32.2. The summed E-state index contributed by atoms with van der Waals surface area (Å²) in [5, 5.41) is 12.0. The third-order valence-electron chi connectivity index (χ3n) is 5.34. The predicted molar refractivity (Wildman–Crippen MR) is 138 cm³/mol. The summed E-state index contributed by atoms with van der Waals surface area (Å²) in [7, 11) is 1.60. The lowest BCUT2D eigenvalue weighted by atomic mass is 10.2. The van der Waals surface area contributed by atoms with Crippen LogP contribution < -0.4 is 5.32 Å². The normalized spacial score (nSPS) is 10.4. The first-order valence-corrected chi connectivity index (χ1v) is 12.2. The van der Waals surface area contributed by atoms with Gasteiger partial charge in [0.1, 0.15) is 6.54 Å². The SMILES string of the molecule is COCCCN(CC(=O)N(Cc1ccccc1)Cc1ccc(C)s1)C(=O)Nc1cccc(C#N)c1. The molecule has 0 fully saturated rings. The molecule has 7 nitrogen and oxygen atoms in total. The number of benzene rings is 2.